The van der Waals surface area contributed by atoms with Gasteiger partial charge in [0.1, 0.15) is 0 Å². The van der Waals surface area contributed by atoms with Crippen molar-refractivity contribution in [3.63, 3.8) is 0 Å². The molecule has 0 saturated heterocycles. The van der Waals surface area contributed by atoms with E-state index in [2.05, 4.69) is 5.32 Å². The first kappa shape index (κ1) is 13.5. The van der Waals surface area contributed by atoms with Crippen molar-refractivity contribution in [3.8, 4) is 0 Å². The standard InChI is InChI=1S/C12H19ClN2O/c1-15(2)9-11(16)8-14-7-10-5-3-4-6-12(10)13/h3-6,11,14,16H,7-9H2,1-2H3. The van der Waals surface area contributed by atoms with Gasteiger partial charge in [-0.2, -0.15) is 0 Å². The van der Waals surface area contributed by atoms with Crippen molar-refractivity contribution < 1.29 is 5.11 Å². The minimum Gasteiger partial charge on any atom is -0.390 e. The van der Waals surface area contributed by atoms with E-state index in [0.717, 1.165) is 10.6 Å². The van der Waals surface area contributed by atoms with Crippen molar-refractivity contribution in [2.75, 3.05) is 27.2 Å². The molecule has 0 heterocycles. The zero-order valence-corrected chi connectivity index (χ0v) is 10.5. The first-order valence-electron chi connectivity index (χ1n) is 5.36. The van der Waals surface area contributed by atoms with Crippen LogP contribution in [0.2, 0.25) is 5.02 Å². The number of rotatable bonds is 6. The van der Waals surface area contributed by atoms with Crippen LogP contribution in [0.1, 0.15) is 5.56 Å². The zero-order valence-electron chi connectivity index (χ0n) is 9.78. The maximum Gasteiger partial charge on any atom is 0.0791 e. The van der Waals surface area contributed by atoms with Gasteiger partial charge in [-0.25, -0.2) is 0 Å². The summed E-state index contributed by atoms with van der Waals surface area (Å²) in [5.41, 5.74) is 1.06. The van der Waals surface area contributed by atoms with E-state index in [1.165, 1.54) is 0 Å². The van der Waals surface area contributed by atoms with E-state index in [9.17, 15) is 5.11 Å². The molecule has 1 aromatic carbocycles. The Morgan fingerprint density at radius 1 is 1.38 bits per heavy atom. The lowest BCUT2D eigenvalue weighted by Gasteiger charge is -2.16. The smallest absolute Gasteiger partial charge is 0.0791 e. The van der Waals surface area contributed by atoms with Crippen molar-refractivity contribution in [2.45, 2.75) is 12.6 Å². The van der Waals surface area contributed by atoms with Crippen molar-refractivity contribution in [3.05, 3.63) is 34.9 Å². The van der Waals surface area contributed by atoms with Gasteiger partial charge in [0.25, 0.3) is 0 Å². The normalized spacial score (nSPS) is 13.1. The molecule has 0 aliphatic rings. The second kappa shape index (κ2) is 6.86. The Balaban J connectivity index is 2.28. The molecule has 1 atom stereocenters. The summed E-state index contributed by atoms with van der Waals surface area (Å²) in [7, 11) is 3.88. The van der Waals surface area contributed by atoms with Gasteiger partial charge >= 0.3 is 0 Å². The molecule has 0 radical (unpaired) electrons. The number of aliphatic hydroxyl groups excluding tert-OH is 1. The monoisotopic (exact) mass is 242 g/mol. The molecule has 0 saturated carbocycles. The van der Waals surface area contributed by atoms with E-state index in [0.29, 0.717) is 19.6 Å². The molecular formula is C12H19ClN2O. The Kier molecular flexibility index (Phi) is 5.77. The maximum atomic E-state index is 9.63. The predicted octanol–water partition coefficient (Wildman–Crippen LogP) is 1.35. The summed E-state index contributed by atoms with van der Waals surface area (Å²) in [6, 6.07) is 7.72. The Bertz CT molecular complexity index is 318. The first-order chi connectivity index (χ1) is 7.59. The second-order valence-electron chi connectivity index (χ2n) is 4.14. The first-order valence-corrected chi connectivity index (χ1v) is 5.74. The number of hydrogen-bond donors (Lipinski definition) is 2. The van der Waals surface area contributed by atoms with Gasteiger partial charge in [0.05, 0.1) is 6.10 Å². The highest BCUT2D eigenvalue weighted by Crippen LogP contribution is 2.14. The third-order valence-corrected chi connectivity index (χ3v) is 2.60. The number of halogens is 1. The predicted molar refractivity (Wildman–Crippen MR) is 67.7 cm³/mol. The number of nitrogens with zero attached hydrogens (tertiary/aromatic N) is 1. The van der Waals surface area contributed by atoms with Gasteiger partial charge in [0.15, 0.2) is 0 Å². The summed E-state index contributed by atoms with van der Waals surface area (Å²) in [5.74, 6) is 0. The van der Waals surface area contributed by atoms with Gasteiger partial charge < -0.3 is 15.3 Å². The number of likely N-dealkylation sites (N-methyl/N-ethyl adjacent to an activating group) is 1. The van der Waals surface area contributed by atoms with Crippen molar-refractivity contribution >= 4 is 11.6 Å². The Morgan fingerprint density at radius 2 is 2.06 bits per heavy atom. The molecule has 16 heavy (non-hydrogen) atoms. The Morgan fingerprint density at radius 3 is 2.69 bits per heavy atom. The van der Waals surface area contributed by atoms with Crippen LogP contribution in [0.15, 0.2) is 24.3 Å². The summed E-state index contributed by atoms with van der Waals surface area (Å²) in [5, 5.41) is 13.6. The third-order valence-electron chi connectivity index (χ3n) is 2.23. The minimum absolute atomic E-state index is 0.350. The van der Waals surface area contributed by atoms with Crippen LogP contribution < -0.4 is 5.32 Å². The molecule has 4 heteroatoms. The number of hydrogen-bond acceptors (Lipinski definition) is 3. The van der Waals surface area contributed by atoms with Crippen LogP contribution in [0.3, 0.4) is 0 Å². The van der Waals surface area contributed by atoms with Crippen LogP contribution in [0.5, 0.6) is 0 Å². The number of benzene rings is 1. The third kappa shape index (κ3) is 4.94. The molecule has 1 unspecified atom stereocenters. The lowest BCUT2D eigenvalue weighted by molar-refractivity contribution is 0.134. The second-order valence-corrected chi connectivity index (χ2v) is 4.55. The molecule has 0 aromatic heterocycles. The lowest BCUT2D eigenvalue weighted by atomic mass is 10.2. The van der Waals surface area contributed by atoms with E-state index < -0.39 is 0 Å². The maximum absolute atomic E-state index is 9.63. The summed E-state index contributed by atoms with van der Waals surface area (Å²) in [4.78, 5) is 1.96. The van der Waals surface area contributed by atoms with Crippen LogP contribution in [-0.4, -0.2) is 43.3 Å². The van der Waals surface area contributed by atoms with Crippen LogP contribution in [0.4, 0.5) is 0 Å². The van der Waals surface area contributed by atoms with E-state index in [4.69, 9.17) is 11.6 Å². The largest absolute Gasteiger partial charge is 0.390 e. The molecule has 0 bridgehead atoms. The van der Waals surface area contributed by atoms with E-state index in [1.807, 2.05) is 43.3 Å². The molecular weight excluding hydrogens is 224 g/mol. The molecule has 2 N–H and O–H groups in total. The fourth-order valence-corrected chi connectivity index (χ4v) is 1.70. The van der Waals surface area contributed by atoms with Crippen molar-refractivity contribution in [1.82, 2.24) is 10.2 Å². The molecule has 0 spiro atoms. The summed E-state index contributed by atoms with van der Waals surface area (Å²) >= 11 is 6.01. The van der Waals surface area contributed by atoms with Crippen molar-refractivity contribution in [2.24, 2.45) is 0 Å². The van der Waals surface area contributed by atoms with Gasteiger partial charge in [-0.1, -0.05) is 29.8 Å². The van der Waals surface area contributed by atoms with Gasteiger partial charge in [0, 0.05) is 24.7 Å². The minimum atomic E-state index is -0.350. The van der Waals surface area contributed by atoms with E-state index >= 15 is 0 Å². The fourth-order valence-electron chi connectivity index (χ4n) is 1.50. The number of aliphatic hydroxyl groups is 1. The quantitative estimate of drug-likeness (QED) is 0.791. The lowest BCUT2D eigenvalue weighted by Crippen LogP contribution is -2.34. The number of nitrogens with one attached hydrogen (secondary N) is 1. The topological polar surface area (TPSA) is 35.5 Å². The molecule has 0 aliphatic carbocycles. The Hall–Kier alpha value is -0.610. The zero-order chi connectivity index (χ0) is 12.0. The molecule has 3 nitrogen and oxygen atoms in total. The molecule has 0 amide bonds. The average molecular weight is 243 g/mol. The van der Waals surface area contributed by atoms with Crippen LogP contribution in [-0.2, 0) is 6.54 Å². The summed E-state index contributed by atoms with van der Waals surface area (Å²) in [6.07, 6.45) is -0.350. The van der Waals surface area contributed by atoms with E-state index in [1.54, 1.807) is 0 Å². The highest BCUT2D eigenvalue weighted by Gasteiger charge is 2.05. The molecule has 90 valence electrons. The Labute approximate surface area is 102 Å². The summed E-state index contributed by atoms with van der Waals surface area (Å²) < 4.78 is 0. The van der Waals surface area contributed by atoms with E-state index in [-0.39, 0.29) is 6.10 Å². The average Bonchev–Trinajstić information content (AvgIpc) is 2.19. The highest BCUT2D eigenvalue weighted by molar-refractivity contribution is 6.31. The van der Waals surface area contributed by atoms with Gasteiger partial charge in [-0.3, -0.25) is 0 Å². The van der Waals surface area contributed by atoms with Gasteiger partial charge in [0.2, 0.25) is 0 Å². The van der Waals surface area contributed by atoms with Crippen LogP contribution in [0, 0.1) is 0 Å². The van der Waals surface area contributed by atoms with Gasteiger partial charge in [-0.05, 0) is 25.7 Å². The fraction of sp³-hybridized carbons (Fsp3) is 0.500. The molecule has 1 aromatic rings. The summed E-state index contributed by atoms with van der Waals surface area (Å²) in [6.45, 7) is 1.92. The van der Waals surface area contributed by atoms with Crippen LogP contribution >= 0.6 is 11.6 Å². The SMILES string of the molecule is CN(C)CC(O)CNCc1ccccc1Cl. The molecule has 1 rings (SSSR count). The molecule has 0 fully saturated rings. The van der Waals surface area contributed by atoms with Crippen LogP contribution in [0.25, 0.3) is 0 Å². The highest BCUT2D eigenvalue weighted by atomic mass is 35.5. The van der Waals surface area contributed by atoms with Crippen molar-refractivity contribution in [1.29, 1.82) is 0 Å². The van der Waals surface area contributed by atoms with Gasteiger partial charge in [-0.15, -0.1) is 0 Å². The molecule has 0 aliphatic heterocycles.